The molecular formula is C17H16N4O3S. The molecule has 0 bridgehead atoms. The zero-order valence-corrected chi connectivity index (χ0v) is 14.3. The van der Waals surface area contributed by atoms with Crippen molar-refractivity contribution in [3.8, 4) is 5.69 Å². The van der Waals surface area contributed by atoms with Crippen molar-refractivity contribution in [3.63, 3.8) is 0 Å². The third-order valence-corrected chi connectivity index (χ3v) is 4.49. The Balaban J connectivity index is 1.75. The summed E-state index contributed by atoms with van der Waals surface area (Å²) in [7, 11) is 1.32. The van der Waals surface area contributed by atoms with Crippen molar-refractivity contribution >= 4 is 23.2 Å². The molecule has 0 radical (unpaired) electrons. The highest BCUT2D eigenvalue weighted by Crippen LogP contribution is 2.22. The molecule has 3 aromatic rings. The molecule has 25 heavy (non-hydrogen) atoms. The summed E-state index contributed by atoms with van der Waals surface area (Å²) in [6.07, 6.45) is 1.45. The van der Waals surface area contributed by atoms with Crippen molar-refractivity contribution in [3.05, 3.63) is 64.6 Å². The van der Waals surface area contributed by atoms with Gasteiger partial charge in [0.05, 0.1) is 31.5 Å². The highest BCUT2D eigenvalue weighted by atomic mass is 32.1. The Bertz CT molecular complexity index is 846. The Morgan fingerprint density at radius 1 is 1.24 bits per heavy atom. The smallest absolute Gasteiger partial charge is 0.307 e. The summed E-state index contributed by atoms with van der Waals surface area (Å²) in [4.78, 5) is 26.4. The van der Waals surface area contributed by atoms with Crippen LogP contribution in [0.4, 0.5) is 0 Å². The molecule has 3 rings (SSSR count). The van der Waals surface area contributed by atoms with Crippen LogP contribution in [0.15, 0.2) is 54.0 Å². The number of para-hydroxylation sites is 1. The second kappa shape index (κ2) is 7.71. The Morgan fingerprint density at radius 3 is 2.72 bits per heavy atom. The number of hydrogen-bond donors (Lipinski definition) is 1. The van der Waals surface area contributed by atoms with Gasteiger partial charge >= 0.3 is 5.97 Å². The van der Waals surface area contributed by atoms with Crippen molar-refractivity contribution in [2.45, 2.75) is 12.5 Å². The molecule has 128 valence electrons. The van der Waals surface area contributed by atoms with Crippen LogP contribution >= 0.6 is 11.3 Å². The molecule has 1 amide bonds. The van der Waals surface area contributed by atoms with Crippen molar-refractivity contribution < 1.29 is 14.3 Å². The van der Waals surface area contributed by atoms with Crippen molar-refractivity contribution in [1.82, 2.24) is 20.3 Å². The van der Waals surface area contributed by atoms with Gasteiger partial charge in [-0.15, -0.1) is 16.4 Å². The minimum Gasteiger partial charge on any atom is -0.469 e. The van der Waals surface area contributed by atoms with Crippen LogP contribution < -0.4 is 5.32 Å². The van der Waals surface area contributed by atoms with E-state index in [1.165, 1.54) is 29.4 Å². The molecular weight excluding hydrogens is 340 g/mol. The molecule has 0 aliphatic heterocycles. The van der Waals surface area contributed by atoms with Gasteiger partial charge in [-0.05, 0) is 23.6 Å². The fourth-order valence-electron chi connectivity index (χ4n) is 2.25. The van der Waals surface area contributed by atoms with Crippen molar-refractivity contribution in [1.29, 1.82) is 0 Å². The molecule has 1 N–H and O–H groups in total. The van der Waals surface area contributed by atoms with Crippen LogP contribution in [-0.4, -0.2) is 34.0 Å². The number of thiophene rings is 1. The largest absolute Gasteiger partial charge is 0.469 e. The quantitative estimate of drug-likeness (QED) is 0.685. The van der Waals surface area contributed by atoms with Gasteiger partial charge in [-0.2, -0.15) is 9.90 Å². The lowest BCUT2D eigenvalue weighted by Crippen LogP contribution is -2.30. The fourth-order valence-corrected chi connectivity index (χ4v) is 3.03. The lowest BCUT2D eigenvalue weighted by Gasteiger charge is -2.15. The first-order valence-corrected chi connectivity index (χ1v) is 8.44. The van der Waals surface area contributed by atoms with Gasteiger partial charge in [-0.25, -0.2) is 0 Å². The van der Waals surface area contributed by atoms with Crippen molar-refractivity contribution in [2.24, 2.45) is 0 Å². The lowest BCUT2D eigenvalue weighted by atomic mass is 10.1. The number of esters is 1. The first kappa shape index (κ1) is 16.8. The molecule has 2 aromatic heterocycles. The highest BCUT2D eigenvalue weighted by molar-refractivity contribution is 7.10. The van der Waals surface area contributed by atoms with Gasteiger partial charge < -0.3 is 10.1 Å². The third-order valence-electron chi connectivity index (χ3n) is 3.50. The van der Waals surface area contributed by atoms with Gasteiger partial charge in [0.15, 0.2) is 5.69 Å². The molecule has 8 heteroatoms. The van der Waals surface area contributed by atoms with Crippen LogP contribution in [0.3, 0.4) is 0 Å². The zero-order valence-electron chi connectivity index (χ0n) is 13.5. The summed E-state index contributed by atoms with van der Waals surface area (Å²) in [6, 6.07) is 12.5. The number of aromatic nitrogens is 3. The SMILES string of the molecule is COC(=O)CC(NC(=O)c1cnn(-c2ccccc2)n1)c1cccs1. The standard InChI is InChI=1S/C17H16N4O3S/c1-24-16(22)10-13(15-8-5-9-25-15)19-17(23)14-11-18-21(20-14)12-6-3-2-4-7-12/h2-9,11,13H,10H2,1H3,(H,19,23). The summed E-state index contributed by atoms with van der Waals surface area (Å²) < 4.78 is 4.71. The Kier molecular flexibility index (Phi) is 5.20. The van der Waals surface area contributed by atoms with E-state index in [1.54, 1.807) is 0 Å². The van der Waals surface area contributed by atoms with E-state index in [0.717, 1.165) is 10.6 Å². The van der Waals surface area contributed by atoms with Gasteiger partial charge in [0.2, 0.25) is 0 Å². The van der Waals surface area contributed by atoms with Gasteiger partial charge in [0, 0.05) is 4.88 Å². The number of nitrogens with one attached hydrogen (secondary N) is 1. The van der Waals surface area contributed by atoms with E-state index in [2.05, 4.69) is 15.5 Å². The van der Waals surface area contributed by atoms with Gasteiger partial charge in [-0.1, -0.05) is 24.3 Å². The minimum absolute atomic E-state index is 0.0512. The number of amides is 1. The molecule has 1 aromatic carbocycles. The first-order valence-electron chi connectivity index (χ1n) is 7.56. The molecule has 1 unspecified atom stereocenters. The summed E-state index contributed by atoms with van der Waals surface area (Å²) in [6.45, 7) is 0. The molecule has 1 atom stereocenters. The molecule has 0 saturated carbocycles. The van der Waals surface area contributed by atoms with E-state index in [-0.39, 0.29) is 12.1 Å². The molecule has 7 nitrogen and oxygen atoms in total. The van der Waals surface area contributed by atoms with Crippen LogP contribution in [0.2, 0.25) is 0 Å². The van der Waals surface area contributed by atoms with Crippen LogP contribution in [0.1, 0.15) is 27.8 Å². The van der Waals surface area contributed by atoms with E-state index >= 15 is 0 Å². The summed E-state index contributed by atoms with van der Waals surface area (Å²) >= 11 is 1.46. The number of carbonyl (C=O) groups excluding carboxylic acids is 2. The predicted octanol–water partition coefficient (Wildman–Crippen LogP) is 2.36. The van der Waals surface area contributed by atoms with Gasteiger partial charge in [-0.3, -0.25) is 9.59 Å². The van der Waals surface area contributed by atoms with Crippen LogP contribution in [0.25, 0.3) is 5.69 Å². The fraction of sp³-hybridized carbons (Fsp3) is 0.176. The molecule has 2 heterocycles. The Hall–Kier alpha value is -3.00. The number of rotatable bonds is 6. The normalized spacial score (nSPS) is 11.7. The third kappa shape index (κ3) is 4.10. The Morgan fingerprint density at radius 2 is 2.04 bits per heavy atom. The van der Waals surface area contributed by atoms with Crippen LogP contribution in [-0.2, 0) is 9.53 Å². The van der Waals surface area contributed by atoms with E-state index in [9.17, 15) is 9.59 Å². The average molecular weight is 356 g/mol. The van der Waals surface area contributed by atoms with E-state index in [1.807, 2.05) is 47.8 Å². The highest BCUT2D eigenvalue weighted by Gasteiger charge is 2.22. The summed E-state index contributed by atoms with van der Waals surface area (Å²) in [5.41, 5.74) is 0.932. The zero-order chi connectivity index (χ0) is 17.6. The molecule has 0 aliphatic carbocycles. The topological polar surface area (TPSA) is 86.1 Å². The number of carbonyl (C=O) groups is 2. The van der Waals surface area contributed by atoms with Crippen LogP contribution in [0.5, 0.6) is 0 Å². The molecule has 0 saturated heterocycles. The predicted molar refractivity (Wildman–Crippen MR) is 92.5 cm³/mol. The lowest BCUT2D eigenvalue weighted by molar-refractivity contribution is -0.141. The Labute approximate surface area is 148 Å². The van der Waals surface area contributed by atoms with Gasteiger partial charge in [0.25, 0.3) is 5.91 Å². The molecule has 0 aliphatic rings. The number of methoxy groups -OCH3 is 1. The average Bonchev–Trinajstić information content (AvgIpc) is 3.33. The molecule has 0 fully saturated rings. The van der Waals surface area contributed by atoms with E-state index in [4.69, 9.17) is 4.74 Å². The number of hydrogen-bond acceptors (Lipinski definition) is 6. The van der Waals surface area contributed by atoms with E-state index < -0.39 is 17.9 Å². The summed E-state index contributed by atoms with van der Waals surface area (Å²) in [5, 5.41) is 13.0. The molecule has 0 spiro atoms. The number of nitrogens with zero attached hydrogens (tertiary/aromatic N) is 3. The maximum atomic E-state index is 12.5. The number of ether oxygens (including phenoxy) is 1. The number of benzene rings is 1. The van der Waals surface area contributed by atoms with E-state index in [0.29, 0.717) is 0 Å². The van der Waals surface area contributed by atoms with Crippen molar-refractivity contribution in [2.75, 3.05) is 7.11 Å². The van der Waals surface area contributed by atoms with Gasteiger partial charge in [0.1, 0.15) is 0 Å². The maximum absolute atomic E-state index is 12.5. The first-order chi connectivity index (χ1) is 12.2. The maximum Gasteiger partial charge on any atom is 0.307 e. The summed E-state index contributed by atoms with van der Waals surface area (Å²) in [5.74, 6) is -0.795. The minimum atomic E-state index is -0.471. The second-order valence-corrected chi connectivity index (χ2v) is 6.16. The monoisotopic (exact) mass is 356 g/mol. The second-order valence-electron chi connectivity index (χ2n) is 5.18. The van der Waals surface area contributed by atoms with Crippen LogP contribution in [0, 0.1) is 0 Å².